The average Bonchev–Trinajstić information content (AvgIpc) is 2.47. The topological polar surface area (TPSA) is 67.5 Å². The third-order valence-electron chi connectivity index (χ3n) is 2.81. The zero-order valence-corrected chi connectivity index (χ0v) is 12.7. The lowest BCUT2D eigenvalue weighted by atomic mass is 10.1. The normalized spacial score (nSPS) is 11.3. The molecule has 0 bridgehead atoms. The van der Waals surface area contributed by atoms with Crippen molar-refractivity contribution < 1.29 is 4.79 Å². The summed E-state index contributed by atoms with van der Waals surface area (Å²) in [5.41, 5.74) is 10.7. The van der Waals surface area contributed by atoms with Gasteiger partial charge in [0.1, 0.15) is 0 Å². The molecule has 0 fully saturated rings. The van der Waals surface area contributed by atoms with Gasteiger partial charge in [0.2, 0.25) is 0 Å². The van der Waals surface area contributed by atoms with Crippen LogP contribution in [0.2, 0.25) is 10.0 Å². The third kappa shape index (κ3) is 3.97. The molecule has 0 heterocycles. The first-order valence-electron chi connectivity index (χ1n) is 6.13. The van der Waals surface area contributed by atoms with Crippen molar-refractivity contribution in [3.8, 4) is 0 Å². The molecule has 0 spiro atoms. The number of anilines is 1. The number of amides is 1. The predicted octanol–water partition coefficient (Wildman–Crippen LogP) is 3.73. The van der Waals surface area contributed by atoms with Gasteiger partial charge in [-0.1, -0.05) is 35.3 Å². The van der Waals surface area contributed by atoms with Gasteiger partial charge in [0.15, 0.2) is 0 Å². The molecule has 0 radical (unpaired) electrons. The highest BCUT2D eigenvalue weighted by Crippen LogP contribution is 2.22. The van der Waals surface area contributed by atoms with E-state index in [1.54, 1.807) is 31.2 Å². The lowest BCUT2D eigenvalue weighted by Gasteiger charge is -2.04. The van der Waals surface area contributed by atoms with Gasteiger partial charge in [-0.15, -0.1) is 0 Å². The Morgan fingerprint density at radius 3 is 2.52 bits per heavy atom. The number of rotatable bonds is 3. The zero-order valence-electron chi connectivity index (χ0n) is 11.2. The summed E-state index contributed by atoms with van der Waals surface area (Å²) in [5.74, 6) is -0.364. The van der Waals surface area contributed by atoms with E-state index in [0.29, 0.717) is 27.0 Å². The smallest absolute Gasteiger partial charge is 0.271 e. The summed E-state index contributed by atoms with van der Waals surface area (Å²) in [4.78, 5) is 12.0. The van der Waals surface area contributed by atoms with E-state index in [-0.39, 0.29) is 5.91 Å². The van der Waals surface area contributed by atoms with Gasteiger partial charge in [-0.2, -0.15) is 5.10 Å². The Balaban J connectivity index is 2.12. The highest BCUT2D eigenvalue weighted by Gasteiger charge is 2.07. The molecule has 1 amide bonds. The van der Waals surface area contributed by atoms with Crippen LogP contribution in [0.25, 0.3) is 0 Å². The molecule has 2 aromatic carbocycles. The molecule has 0 saturated heterocycles. The second-order valence-electron chi connectivity index (χ2n) is 4.39. The summed E-state index contributed by atoms with van der Waals surface area (Å²) in [5, 5.41) is 4.77. The molecule has 21 heavy (non-hydrogen) atoms. The maximum Gasteiger partial charge on any atom is 0.271 e. The quantitative estimate of drug-likeness (QED) is 0.514. The van der Waals surface area contributed by atoms with Crippen molar-refractivity contribution >= 4 is 40.5 Å². The molecule has 2 aromatic rings. The minimum absolute atomic E-state index is 0.320. The van der Waals surface area contributed by atoms with Gasteiger partial charge < -0.3 is 5.73 Å². The fourth-order valence-electron chi connectivity index (χ4n) is 1.66. The van der Waals surface area contributed by atoms with Crippen LogP contribution in [-0.4, -0.2) is 11.6 Å². The number of nitrogens with zero attached hydrogens (tertiary/aromatic N) is 1. The Hall–Kier alpha value is -2.04. The second-order valence-corrected chi connectivity index (χ2v) is 5.21. The van der Waals surface area contributed by atoms with E-state index in [9.17, 15) is 4.79 Å². The predicted molar refractivity (Wildman–Crippen MR) is 87.0 cm³/mol. The van der Waals surface area contributed by atoms with Crippen LogP contribution in [0.15, 0.2) is 47.6 Å². The van der Waals surface area contributed by atoms with Crippen LogP contribution in [0.3, 0.4) is 0 Å². The van der Waals surface area contributed by atoms with Gasteiger partial charge in [0.05, 0.1) is 15.8 Å². The molecule has 0 aromatic heterocycles. The minimum Gasteiger partial charge on any atom is -0.399 e. The van der Waals surface area contributed by atoms with Gasteiger partial charge in [-0.25, -0.2) is 5.43 Å². The molecule has 0 unspecified atom stereocenters. The van der Waals surface area contributed by atoms with E-state index in [1.807, 2.05) is 12.1 Å². The Bertz CT molecular complexity index is 714. The SMILES string of the molecule is CC(=NNC(=O)c1ccc(Cl)c(Cl)c1)c1cccc(N)c1. The van der Waals surface area contributed by atoms with Crippen molar-refractivity contribution in [2.75, 3.05) is 5.73 Å². The van der Waals surface area contributed by atoms with Crippen LogP contribution in [0.1, 0.15) is 22.8 Å². The molecule has 0 aliphatic rings. The molecule has 4 nitrogen and oxygen atoms in total. The molecule has 0 atom stereocenters. The van der Waals surface area contributed by atoms with Crippen LogP contribution in [0, 0.1) is 0 Å². The number of nitrogens with one attached hydrogen (secondary N) is 1. The van der Waals surface area contributed by atoms with Crippen molar-refractivity contribution in [1.29, 1.82) is 0 Å². The highest BCUT2D eigenvalue weighted by molar-refractivity contribution is 6.42. The molecule has 0 aliphatic heterocycles. The largest absolute Gasteiger partial charge is 0.399 e. The summed E-state index contributed by atoms with van der Waals surface area (Å²) in [6.45, 7) is 1.78. The molecular weight excluding hydrogens is 309 g/mol. The van der Waals surface area contributed by atoms with Crippen molar-refractivity contribution in [3.63, 3.8) is 0 Å². The van der Waals surface area contributed by atoms with Gasteiger partial charge in [-0.3, -0.25) is 4.79 Å². The van der Waals surface area contributed by atoms with E-state index >= 15 is 0 Å². The van der Waals surface area contributed by atoms with Crippen molar-refractivity contribution in [2.45, 2.75) is 6.92 Å². The number of nitrogens with two attached hydrogens (primary N) is 1. The standard InChI is InChI=1S/C15H13Cl2N3O/c1-9(10-3-2-4-12(18)7-10)19-20-15(21)11-5-6-13(16)14(17)8-11/h2-8H,18H2,1H3,(H,20,21). The number of hydrogen-bond donors (Lipinski definition) is 2. The molecular formula is C15H13Cl2N3O. The number of hydrogen-bond acceptors (Lipinski definition) is 3. The Morgan fingerprint density at radius 1 is 1.10 bits per heavy atom. The van der Waals surface area contributed by atoms with Gasteiger partial charge in [0.25, 0.3) is 5.91 Å². The fraction of sp³-hybridized carbons (Fsp3) is 0.0667. The van der Waals surface area contributed by atoms with Crippen molar-refractivity contribution in [1.82, 2.24) is 5.43 Å². The first-order valence-corrected chi connectivity index (χ1v) is 6.88. The number of nitrogen functional groups attached to an aromatic ring is 1. The average molecular weight is 322 g/mol. The monoisotopic (exact) mass is 321 g/mol. The number of halogens is 2. The zero-order chi connectivity index (χ0) is 15.4. The first kappa shape index (κ1) is 15.4. The fourth-order valence-corrected chi connectivity index (χ4v) is 1.96. The molecule has 0 aliphatic carbocycles. The summed E-state index contributed by atoms with van der Waals surface area (Å²) < 4.78 is 0. The molecule has 3 N–H and O–H groups in total. The highest BCUT2D eigenvalue weighted by atomic mass is 35.5. The van der Waals surface area contributed by atoms with Crippen molar-refractivity contribution in [3.05, 3.63) is 63.6 Å². The van der Waals surface area contributed by atoms with Crippen LogP contribution in [-0.2, 0) is 0 Å². The number of carbonyl (C=O) groups excluding carboxylic acids is 1. The number of benzene rings is 2. The second kappa shape index (κ2) is 6.61. The van der Waals surface area contributed by atoms with Crippen molar-refractivity contribution in [2.24, 2.45) is 5.10 Å². The lowest BCUT2D eigenvalue weighted by Crippen LogP contribution is -2.19. The molecule has 6 heteroatoms. The summed E-state index contributed by atoms with van der Waals surface area (Å²) >= 11 is 11.7. The summed E-state index contributed by atoms with van der Waals surface area (Å²) in [7, 11) is 0. The molecule has 0 saturated carbocycles. The van der Waals surface area contributed by atoms with E-state index in [2.05, 4.69) is 10.5 Å². The Morgan fingerprint density at radius 2 is 1.86 bits per heavy atom. The van der Waals surface area contributed by atoms with E-state index in [0.717, 1.165) is 5.56 Å². The molecule has 2 rings (SSSR count). The van der Waals surface area contributed by atoms with Crippen LogP contribution < -0.4 is 11.2 Å². The lowest BCUT2D eigenvalue weighted by molar-refractivity contribution is 0.0955. The van der Waals surface area contributed by atoms with Gasteiger partial charge in [-0.05, 0) is 42.8 Å². The molecule has 108 valence electrons. The third-order valence-corrected chi connectivity index (χ3v) is 3.55. The maximum absolute atomic E-state index is 12.0. The van der Waals surface area contributed by atoms with Crippen LogP contribution in [0.5, 0.6) is 0 Å². The minimum atomic E-state index is -0.364. The number of carbonyl (C=O) groups is 1. The van der Waals surface area contributed by atoms with E-state index in [4.69, 9.17) is 28.9 Å². The Kier molecular flexibility index (Phi) is 4.83. The Labute approximate surface area is 132 Å². The van der Waals surface area contributed by atoms with E-state index in [1.165, 1.54) is 6.07 Å². The van der Waals surface area contributed by atoms with Crippen LogP contribution >= 0.6 is 23.2 Å². The summed E-state index contributed by atoms with van der Waals surface area (Å²) in [6.07, 6.45) is 0. The van der Waals surface area contributed by atoms with Crippen LogP contribution in [0.4, 0.5) is 5.69 Å². The maximum atomic E-state index is 12.0. The van der Waals surface area contributed by atoms with E-state index < -0.39 is 0 Å². The number of hydrazone groups is 1. The van der Waals surface area contributed by atoms with Gasteiger partial charge in [0, 0.05) is 11.3 Å². The van der Waals surface area contributed by atoms with Gasteiger partial charge >= 0.3 is 0 Å². The first-order chi connectivity index (χ1) is 9.97. The summed E-state index contributed by atoms with van der Waals surface area (Å²) in [6, 6.07) is 11.9.